The fraction of sp³-hybridized carbons (Fsp3) is 1.00. The lowest BCUT2D eigenvalue weighted by Crippen LogP contribution is -2.38. The second-order valence-corrected chi connectivity index (χ2v) is 6.30. The number of rotatable bonds is 6. The molecule has 2 heteroatoms. The van der Waals surface area contributed by atoms with Gasteiger partial charge in [-0.1, -0.05) is 6.42 Å². The van der Waals surface area contributed by atoms with Crippen LogP contribution in [0.3, 0.4) is 0 Å². The normalized spacial score (nSPS) is 34.9. The van der Waals surface area contributed by atoms with Crippen LogP contribution >= 0.6 is 0 Å². The van der Waals surface area contributed by atoms with Gasteiger partial charge in [-0.05, 0) is 75.3 Å². The van der Waals surface area contributed by atoms with Gasteiger partial charge < -0.3 is 11.1 Å². The van der Waals surface area contributed by atoms with Crippen molar-refractivity contribution >= 4 is 0 Å². The van der Waals surface area contributed by atoms with E-state index in [1.54, 1.807) is 0 Å². The van der Waals surface area contributed by atoms with Gasteiger partial charge in [-0.25, -0.2) is 0 Å². The number of hydrogen-bond acceptors (Lipinski definition) is 2. The Morgan fingerprint density at radius 1 is 0.938 bits per heavy atom. The molecule has 3 saturated carbocycles. The molecule has 16 heavy (non-hydrogen) atoms. The van der Waals surface area contributed by atoms with E-state index in [0.29, 0.717) is 0 Å². The molecule has 0 aromatic carbocycles. The molecule has 0 spiro atoms. The third kappa shape index (κ3) is 2.43. The molecular weight excluding hydrogens is 196 g/mol. The zero-order chi connectivity index (χ0) is 11.0. The zero-order valence-corrected chi connectivity index (χ0v) is 10.3. The minimum Gasteiger partial charge on any atom is -0.330 e. The van der Waals surface area contributed by atoms with Crippen molar-refractivity contribution in [3.05, 3.63) is 0 Å². The van der Waals surface area contributed by atoms with E-state index in [1.807, 2.05) is 0 Å². The predicted molar refractivity (Wildman–Crippen MR) is 67.1 cm³/mol. The van der Waals surface area contributed by atoms with E-state index in [9.17, 15) is 0 Å². The second-order valence-electron chi connectivity index (χ2n) is 6.30. The van der Waals surface area contributed by atoms with E-state index in [2.05, 4.69) is 5.32 Å². The first kappa shape index (κ1) is 11.0. The predicted octanol–water partition coefficient (Wildman–Crippen LogP) is 2.14. The molecule has 3 aliphatic rings. The van der Waals surface area contributed by atoms with Crippen molar-refractivity contribution in [2.24, 2.45) is 29.4 Å². The lowest BCUT2D eigenvalue weighted by Gasteiger charge is -2.23. The summed E-state index contributed by atoms with van der Waals surface area (Å²) in [7, 11) is 0. The van der Waals surface area contributed by atoms with Crippen LogP contribution in [-0.4, -0.2) is 19.1 Å². The molecule has 3 fully saturated rings. The van der Waals surface area contributed by atoms with Crippen LogP contribution < -0.4 is 11.1 Å². The lowest BCUT2D eigenvalue weighted by molar-refractivity contribution is 0.326. The highest BCUT2D eigenvalue weighted by molar-refractivity contribution is 4.97. The minimum absolute atomic E-state index is 0.812. The minimum atomic E-state index is 0.812. The third-order valence-corrected chi connectivity index (χ3v) is 4.99. The van der Waals surface area contributed by atoms with Crippen molar-refractivity contribution in [1.29, 1.82) is 0 Å². The van der Waals surface area contributed by atoms with Crippen LogP contribution in [0, 0.1) is 23.7 Å². The molecule has 2 unspecified atom stereocenters. The van der Waals surface area contributed by atoms with Crippen molar-refractivity contribution in [1.82, 2.24) is 5.32 Å². The van der Waals surface area contributed by atoms with Gasteiger partial charge in [0.25, 0.3) is 0 Å². The molecule has 0 saturated heterocycles. The maximum Gasteiger partial charge on any atom is 0.0124 e. The van der Waals surface area contributed by atoms with Crippen molar-refractivity contribution in [2.45, 2.75) is 51.0 Å². The molecule has 0 radical (unpaired) electrons. The van der Waals surface area contributed by atoms with E-state index >= 15 is 0 Å². The monoisotopic (exact) mass is 222 g/mol. The number of nitrogens with one attached hydrogen (secondary N) is 1. The fourth-order valence-electron chi connectivity index (χ4n) is 3.61. The molecule has 0 amide bonds. The molecule has 0 aromatic heterocycles. The Morgan fingerprint density at radius 2 is 1.56 bits per heavy atom. The summed E-state index contributed by atoms with van der Waals surface area (Å²) in [6.45, 7) is 2.16. The Morgan fingerprint density at radius 3 is 2.12 bits per heavy atom. The molecular formula is C14H26N2. The average molecular weight is 222 g/mol. The molecule has 2 atom stereocenters. The quantitative estimate of drug-likeness (QED) is 0.722. The Balaban J connectivity index is 1.46. The molecule has 0 aromatic rings. The SMILES string of the molecule is NCC1CCCC1CNC(C1CC1)C1CC1. The van der Waals surface area contributed by atoms with Crippen molar-refractivity contribution < 1.29 is 0 Å². The van der Waals surface area contributed by atoms with Crippen LogP contribution in [0.2, 0.25) is 0 Å². The third-order valence-electron chi connectivity index (χ3n) is 4.99. The van der Waals surface area contributed by atoms with Crippen LogP contribution in [-0.2, 0) is 0 Å². The molecule has 3 N–H and O–H groups in total. The van der Waals surface area contributed by atoms with E-state index < -0.39 is 0 Å². The maximum absolute atomic E-state index is 5.85. The molecule has 3 aliphatic carbocycles. The van der Waals surface area contributed by atoms with Crippen LogP contribution in [0.25, 0.3) is 0 Å². The molecule has 92 valence electrons. The van der Waals surface area contributed by atoms with Gasteiger partial charge in [-0.2, -0.15) is 0 Å². The summed E-state index contributed by atoms with van der Waals surface area (Å²) in [5, 5.41) is 3.89. The summed E-state index contributed by atoms with van der Waals surface area (Å²) < 4.78 is 0. The van der Waals surface area contributed by atoms with E-state index in [4.69, 9.17) is 5.73 Å². The highest BCUT2D eigenvalue weighted by Crippen LogP contribution is 2.44. The zero-order valence-electron chi connectivity index (χ0n) is 10.3. The topological polar surface area (TPSA) is 38.0 Å². The molecule has 3 rings (SSSR count). The Kier molecular flexibility index (Phi) is 3.21. The van der Waals surface area contributed by atoms with Gasteiger partial charge in [0.1, 0.15) is 0 Å². The first-order valence-corrected chi connectivity index (χ1v) is 7.32. The second kappa shape index (κ2) is 4.66. The Labute approximate surface area is 99.4 Å². The van der Waals surface area contributed by atoms with Crippen molar-refractivity contribution in [2.75, 3.05) is 13.1 Å². The van der Waals surface area contributed by atoms with E-state index in [-0.39, 0.29) is 0 Å². The van der Waals surface area contributed by atoms with Crippen LogP contribution in [0.4, 0.5) is 0 Å². The van der Waals surface area contributed by atoms with Gasteiger partial charge in [0.2, 0.25) is 0 Å². The first-order valence-electron chi connectivity index (χ1n) is 7.32. The van der Waals surface area contributed by atoms with Gasteiger partial charge in [0, 0.05) is 6.04 Å². The van der Waals surface area contributed by atoms with E-state index in [1.165, 1.54) is 51.5 Å². The van der Waals surface area contributed by atoms with Gasteiger partial charge in [0.15, 0.2) is 0 Å². The first-order chi connectivity index (χ1) is 7.88. The van der Waals surface area contributed by atoms with Crippen molar-refractivity contribution in [3.8, 4) is 0 Å². The van der Waals surface area contributed by atoms with Gasteiger partial charge in [-0.15, -0.1) is 0 Å². The summed E-state index contributed by atoms with van der Waals surface area (Å²) in [5.41, 5.74) is 5.85. The number of hydrogen-bond donors (Lipinski definition) is 2. The Bertz CT molecular complexity index is 221. The maximum atomic E-state index is 5.85. The molecule has 0 bridgehead atoms. The standard InChI is InChI=1S/C14H26N2/c15-8-12-2-1-3-13(12)9-16-14(10-4-5-10)11-6-7-11/h10-14,16H,1-9,15H2. The average Bonchev–Trinajstić information content (AvgIpc) is 3.19. The van der Waals surface area contributed by atoms with Gasteiger partial charge >= 0.3 is 0 Å². The summed E-state index contributed by atoms with van der Waals surface area (Å²) in [5.74, 6) is 3.76. The summed E-state index contributed by atoms with van der Waals surface area (Å²) in [6.07, 6.45) is 10.1. The largest absolute Gasteiger partial charge is 0.330 e. The summed E-state index contributed by atoms with van der Waals surface area (Å²) in [4.78, 5) is 0. The van der Waals surface area contributed by atoms with Crippen LogP contribution in [0.5, 0.6) is 0 Å². The molecule has 0 aliphatic heterocycles. The van der Waals surface area contributed by atoms with Crippen LogP contribution in [0.1, 0.15) is 44.9 Å². The van der Waals surface area contributed by atoms with Crippen LogP contribution in [0.15, 0.2) is 0 Å². The Hall–Kier alpha value is -0.0800. The fourth-order valence-corrected chi connectivity index (χ4v) is 3.61. The molecule has 0 heterocycles. The highest BCUT2D eigenvalue weighted by atomic mass is 15.0. The molecule has 2 nitrogen and oxygen atoms in total. The van der Waals surface area contributed by atoms with Gasteiger partial charge in [0.05, 0.1) is 0 Å². The summed E-state index contributed by atoms with van der Waals surface area (Å²) in [6, 6.07) is 0.874. The van der Waals surface area contributed by atoms with Crippen molar-refractivity contribution in [3.63, 3.8) is 0 Å². The smallest absolute Gasteiger partial charge is 0.0124 e. The van der Waals surface area contributed by atoms with E-state index in [0.717, 1.165) is 36.3 Å². The lowest BCUT2D eigenvalue weighted by atomic mass is 9.95. The van der Waals surface area contributed by atoms with Gasteiger partial charge in [-0.3, -0.25) is 0 Å². The number of nitrogens with two attached hydrogens (primary N) is 1. The summed E-state index contributed by atoms with van der Waals surface area (Å²) >= 11 is 0. The highest BCUT2D eigenvalue weighted by Gasteiger charge is 2.41.